The van der Waals surface area contributed by atoms with E-state index in [0.29, 0.717) is 43.3 Å². The van der Waals surface area contributed by atoms with Gasteiger partial charge in [-0.15, -0.1) is 0 Å². The van der Waals surface area contributed by atoms with Gasteiger partial charge in [-0.1, -0.05) is 60.7 Å². The van der Waals surface area contributed by atoms with Gasteiger partial charge in [-0.25, -0.2) is 4.98 Å². The number of methoxy groups -OCH3 is 2. The molecule has 0 amide bonds. The quantitative estimate of drug-likeness (QED) is 0.0893. The smallest absolute Gasteiger partial charge is 0.143 e. The van der Waals surface area contributed by atoms with E-state index in [4.69, 9.17) is 23.9 Å². The van der Waals surface area contributed by atoms with Crippen molar-refractivity contribution < 1.29 is 24.1 Å². The maximum absolute atomic E-state index is 9.90. The van der Waals surface area contributed by atoms with Crippen molar-refractivity contribution in [3.05, 3.63) is 162 Å². The maximum atomic E-state index is 9.90. The van der Waals surface area contributed by atoms with Gasteiger partial charge in [-0.3, -0.25) is 9.97 Å². The van der Waals surface area contributed by atoms with Crippen molar-refractivity contribution in [2.24, 2.45) is 0 Å². The minimum atomic E-state index is -0.871. The van der Waals surface area contributed by atoms with Gasteiger partial charge in [-0.2, -0.15) is 0 Å². The number of nitrogens with zero attached hydrogens (tertiary/aromatic N) is 3. The molecule has 1 N–H and O–H groups in total. The summed E-state index contributed by atoms with van der Waals surface area (Å²) in [7, 11) is 3.33. The Morgan fingerprint density at radius 2 is 1.16 bits per heavy atom. The normalized spacial score (nSPS) is 11.3. The zero-order valence-corrected chi connectivity index (χ0v) is 27.7. The van der Waals surface area contributed by atoms with E-state index in [0.717, 1.165) is 45.0 Å². The third-order valence-corrected chi connectivity index (χ3v) is 8.28. The number of benzene rings is 3. The molecule has 0 radical (unpaired) electrons. The van der Waals surface area contributed by atoms with Crippen molar-refractivity contribution in [2.75, 3.05) is 27.4 Å². The lowest BCUT2D eigenvalue weighted by Crippen LogP contribution is -2.33. The average Bonchev–Trinajstić information content (AvgIpc) is 3.18. The van der Waals surface area contributed by atoms with Crippen molar-refractivity contribution in [2.45, 2.75) is 25.2 Å². The van der Waals surface area contributed by atoms with Crippen molar-refractivity contribution in [3.63, 3.8) is 0 Å². The molecular weight excluding hydrogens is 614 g/mol. The Bertz CT molecular complexity index is 1870. The van der Waals surface area contributed by atoms with Crippen LogP contribution < -0.4 is 9.47 Å². The molecule has 6 aromatic rings. The highest BCUT2D eigenvalue weighted by Crippen LogP contribution is 2.41. The molecule has 3 aromatic carbocycles. The van der Waals surface area contributed by atoms with Gasteiger partial charge in [0.15, 0.2) is 0 Å². The molecule has 0 unspecified atom stereocenters. The van der Waals surface area contributed by atoms with Crippen LogP contribution in [0.1, 0.15) is 34.2 Å². The van der Waals surface area contributed by atoms with Gasteiger partial charge in [-0.05, 0) is 94.9 Å². The molecular formula is C41H39N3O5. The second kappa shape index (κ2) is 16.1. The average molecular weight is 654 g/mol. The number of aliphatic hydroxyl groups is 1. The van der Waals surface area contributed by atoms with Crippen LogP contribution in [0.5, 0.6) is 11.5 Å². The van der Waals surface area contributed by atoms with Crippen LogP contribution in [0.3, 0.4) is 0 Å². The Morgan fingerprint density at radius 1 is 0.571 bits per heavy atom. The monoisotopic (exact) mass is 653 g/mol. The second-order valence-electron chi connectivity index (χ2n) is 11.4. The molecule has 0 fully saturated rings. The Labute approximate surface area is 287 Å². The molecule has 3 aromatic heterocycles. The van der Waals surface area contributed by atoms with Gasteiger partial charge in [0, 0.05) is 19.0 Å². The minimum Gasteiger partial charge on any atom is -0.497 e. The molecule has 3 heterocycles. The van der Waals surface area contributed by atoms with Crippen LogP contribution in [0.4, 0.5) is 0 Å². The van der Waals surface area contributed by atoms with Gasteiger partial charge in [0.1, 0.15) is 17.1 Å². The second-order valence-corrected chi connectivity index (χ2v) is 11.4. The lowest BCUT2D eigenvalue weighted by atomic mass is 9.80. The van der Waals surface area contributed by atoms with Crippen LogP contribution >= 0.6 is 0 Å². The molecule has 6 rings (SSSR count). The summed E-state index contributed by atoms with van der Waals surface area (Å²) in [6, 6.07) is 39.6. The fourth-order valence-corrected chi connectivity index (χ4v) is 5.81. The summed E-state index contributed by atoms with van der Waals surface area (Å²) in [5.74, 6) is 1.55. The van der Waals surface area contributed by atoms with E-state index in [1.807, 2.05) is 84.9 Å². The predicted molar refractivity (Wildman–Crippen MR) is 189 cm³/mol. The first kappa shape index (κ1) is 33.5. The molecule has 49 heavy (non-hydrogen) atoms. The van der Waals surface area contributed by atoms with E-state index >= 15 is 0 Å². The number of aliphatic hydroxyl groups excluding tert-OH is 1. The highest BCUT2D eigenvalue weighted by Gasteiger charge is 2.37. The summed E-state index contributed by atoms with van der Waals surface area (Å²) in [5, 5.41) is 9.90. The van der Waals surface area contributed by atoms with Crippen LogP contribution in [0, 0.1) is 0 Å². The zero-order valence-electron chi connectivity index (χ0n) is 27.7. The van der Waals surface area contributed by atoms with Gasteiger partial charge in [0.2, 0.25) is 0 Å². The van der Waals surface area contributed by atoms with Gasteiger partial charge in [0.25, 0.3) is 0 Å². The molecule has 0 atom stereocenters. The largest absolute Gasteiger partial charge is 0.497 e. The first-order chi connectivity index (χ1) is 24.1. The highest BCUT2D eigenvalue weighted by molar-refractivity contribution is 5.63. The standard InChI is InChI=1S/C41H39N3O5/c1-46-35-16-12-33(13-17-35)41(32-9-4-3-5-10-32,34-14-18-36(47-2)19-15-34)49-24-8-23-48-29-30-20-22-43-38(25-30)40-27-31(28-45)26-39(44-40)37-11-6-7-21-42-37/h3-7,9-22,25-27,45H,8,23-24,28-29H2,1-2H3. The first-order valence-corrected chi connectivity index (χ1v) is 16.2. The number of hydrogen-bond donors (Lipinski definition) is 1. The molecule has 0 saturated heterocycles. The number of pyridine rings is 3. The summed E-state index contributed by atoms with van der Waals surface area (Å²) in [6.07, 6.45) is 4.15. The van der Waals surface area contributed by atoms with E-state index in [1.54, 1.807) is 26.6 Å². The van der Waals surface area contributed by atoms with Crippen LogP contribution in [0.2, 0.25) is 0 Å². The van der Waals surface area contributed by atoms with E-state index < -0.39 is 5.60 Å². The summed E-state index contributed by atoms with van der Waals surface area (Å²) in [6.45, 7) is 1.24. The summed E-state index contributed by atoms with van der Waals surface area (Å²) >= 11 is 0. The SMILES string of the molecule is COc1ccc(C(OCCCOCc2ccnc(-c3cc(CO)cc(-c4ccccn4)n3)c2)(c2ccccc2)c2ccc(OC)cc2)cc1. The Hall–Kier alpha value is -5.41. The molecule has 0 aliphatic rings. The third kappa shape index (κ3) is 7.84. The molecule has 8 nitrogen and oxygen atoms in total. The Kier molecular flexibility index (Phi) is 11.0. The molecule has 0 bridgehead atoms. The summed E-state index contributed by atoms with van der Waals surface area (Å²) in [4.78, 5) is 13.8. The van der Waals surface area contributed by atoms with Crippen molar-refractivity contribution in [3.8, 4) is 34.3 Å². The van der Waals surface area contributed by atoms with E-state index in [1.165, 1.54) is 0 Å². The van der Waals surface area contributed by atoms with Crippen LogP contribution in [0.25, 0.3) is 22.8 Å². The zero-order chi connectivity index (χ0) is 33.9. The maximum Gasteiger partial charge on any atom is 0.143 e. The fraction of sp³-hybridized carbons (Fsp3) is 0.195. The number of rotatable bonds is 15. The first-order valence-electron chi connectivity index (χ1n) is 16.2. The van der Waals surface area contributed by atoms with Crippen molar-refractivity contribution >= 4 is 0 Å². The van der Waals surface area contributed by atoms with Crippen LogP contribution in [-0.4, -0.2) is 47.5 Å². The third-order valence-electron chi connectivity index (χ3n) is 8.28. The van der Waals surface area contributed by atoms with Crippen molar-refractivity contribution in [1.29, 1.82) is 0 Å². The van der Waals surface area contributed by atoms with E-state index in [2.05, 4.69) is 46.4 Å². The van der Waals surface area contributed by atoms with Gasteiger partial charge >= 0.3 is 0 Å². The van der Waals surface area contributed by atoms with Crippen molar-refractivity contribution in [1.82, 2.24) is 15.0 Å². The topological polar surface area (TPSA) is 95.8 Å². The summed E-state index contributed by atoms with van der Waals surface area (Å²) < 4.78 is 24.0. The predicted octanol–water partition coefficient (Wildman–Crippen LogP) is 7.63. The number of hydrogen-bond acceptors (Lipinski definition) is 8. The summed E-state index contributed by atoms with van der Waals surface area (Å²) in [5.41, 5.74) is 6.60. The molecule has 248 valence electrons. The molecule has 0 saturated carbocycles. The van der Waals surface area contributed by atoms with Gasteiger partial charge < -0.3 is 24.1 Å². The minimum absolute atomic E-state index is 0.108. The lowest BCUT2D eigenvalue weighted by molar-refractivity contribution is -0.00205. The molecule has 0 aliphatic heterocycles. The molecule has 8 heteroatoms. The van der Waals surface area contributed by atoms with E-state index in [-0.39, 0.29) is 6.61 Å². The van der Waals surface area contributed by atoms with Crippen LogP contribution in [-0.2, 0) is 28.3 Å². The number of ether oxygens (including phenoxy) is 4. The number of aromatic nitrogens is 3. The fourth-order valence-electron chi connectivity index (χ4n) is 5.81. The highest BCUT2D eigenvalue weighted by atomic mass is 16.5. The van der Waals surface area contributed by atoms with Crippen LogP contribution in [0.15, 0.2) is 134 Å². The Morgan fingerprint density at radius 3 is 1.78 bits per heavy atom. The van der Waals surface area contributed by atoms with E-state index in [9.17, 15) is 5.11 Å². The molecule has 0 spiro atoms. The Balaban J connectivity index is 1.16. The molecule has 0 aliphatic carbocycles. The van der Waals surface area contributed by atoms with Gasteiger partial charge in [0.05, 0.1) is 56.8 Å². The lowest BCUT2D eigenvalue weighted by Gasteiger charge is -2.36.